The van der Waals surface area contributed by atoms with Gasteiger partial charge in [-0.2, -0.15) is 10.5 Å². The number of hydrogen-bond acceptors (Lipinski definition) is 7. The molecule has 6 N–H and O–H groups in total. The van der Waals surface area contributed by atoms with Gasteiger partial charge in [0.25, 0.3) is 5.56 Å². The summed E-state index contributed by atoms with van der Waals surface area (Å²) in [5.41, 5.74) is 3.64. The monoisotopic (exact) mass is 284 g/mol. The highest BCUT2D eigenvalue weighted by Gasteiger charge is 2.21. The number of hydrogen-bond donors (Lipinski definition) is 5. The van der Waals surface area contributed by atoms with Gasteiger partial charge in [0.15, 0.2) is 11.5 Å². The van der Waals surface area contributed by atoms with Crippen LogP contribution in [0, 0.1) is 22.7 Å². The molecule has 0 saturated heterocycles. The van der Waals surface area contributed by atoms with Crippen LogP contribution in [0.1, 0.15) is 11.1 Å². The lowest BCUT2D eigenvalue weighted by Gasteiger charge is -2.11. The van der Waals surface area contributed by atoms with Gasteiger partial charge in [-0.25, -0.2) is 0 Å². The normalized spacial score (nSPS) is 9.81. The Bertz CT molecular complexity index is 887. The Hall–Kier alpha value is -3.65. The third kappa shape index (κ3) is 2.07. The Morgan fingerprint density at radius 2 is 1.57 bits per heavy atom. The number of phenolic OH excluding ortho intramolecular Hbond substituents is 3. The van der Waals surface area contributed by atoms with Gasteiger partial charge in [0.05, 0.1) is 0 Å². The molecule has 0 saturated carbocycles. The first-order valence-electron chi connectivity index (χ1n) is 5.52. The van der Waals surface area contributed by atoms with Crippen molar-refractivity contribution < 1.29 is 15.3 Å². The maximum Gasteiger partial charge on any atom is 0.268 e. The molecule has 1 heterocycles. The molecule has 21 heavy (non-hydrogen) atoms. The molecule has 0 aliphatic heterocycles. The first-order chi connectivity index (χ1) is 9.90. The van der Waals surface area contributed by atoms with Crippen molar-refractivity contribution in [2.75, 3.05) is 5.73 Å². The van der Waals surface area contributed by atoms with Crippen LogP contribution < -0.4 is 11.3 Å². The molecule has 2 rings (SSSR count). The Labute approximate surface area is 117 Å². The predicted molar refractivity (Wildman–Crippen MR) is 71.3 cm³/mol. The van der Waals surface area contributed by atoms with Gasteiger partial charge in [0, 0.05) is 17.2 Å². The number of rotatable bonds is 1. The molecule has 2 aromatic rings. The molecule has 8 nitrogen and oxygen atoms in total. The van der Waals surface area contributed by atoms with Crippen LogP contribution in [0.15, 0.2) is 16.9 Å². The highest BCUT2D eigenvalue weighted by atomic mass is 16.3. The molecule has 0 aliphatic carbocycles. The van der Waals surface area contributed by atoms with Crippen LogP contribution in [-0.4, -0.2) is 20.3 Å². The van der Waals surface area contributed by atoms with E-state index in [-0.39, 0.29) is 22.5 Å². The molecule has 0 unspecified atom stereocenters. The van der Waals surface area contributed by atoms with Gasteiger partial charge < -0.3 is 26.0 Å². The zero-order valence-electron chi connectivity index (χ0n) is 10.4. The van der Waals surface area contributed by atoms with Crippen LogP contribution in [0.5, 0.6) is 17.2 Å². The average Bonchev–Trinajstić information content (AvgIpc) is 2.42. The van der Waals surface area contributed by atoms with Crippen molar-refractivity contribution in [3.63, 3.8) is 0 Å². The van der Waals surface area contributed by atoms with Crippen molar-refractivity contribution in [3.8, 4) is 40.5 Å². The number of aromatic nitrogens is 1. The van der Waals surface area contributed by atoms with Gasteiger partial charge >= 0.3 is 0 Å². The number of phenols is 3. The van der Waals surface area contributed by atoms with Gasteiger partial charge in [-0.05, 0) is 6.07 Å². The summed E-state index contributed by atoms with van der Waals surface area (Å²) < 4.78 is 0. The van der Waals surface area contributed by atoms with Gasteiger partial charge in [-0.1, -0.05) is 0 Å². The lowest BCUT2D eigenvalue weighted by Crippen LogP contribution is -2.16. The average molecular weight is 284 g/mol. The third-order valence-corrected chi connectivity index (χ3v) is 2.83. The number of aromatic amines is 1. The topological polar surface area (TPSA) is 167 Å². The van der Waals surface area contributed by atoms with Crippen LogP contribution in [0.2, 0.25) is 0 Å². The number of nitriles is 2. The fourth-order valence-electron chi connectivity index (χ4n) is 1.88. The van der Waals surface area contributed by atoms with E-state index in [0.29, 0.717) is 0 Å². The van der Waals surface area contributed by atoms with Crippen molar-refractivity contribution in [1.82, 2.24) is 4.98 Å². The van der Waals surface area contributed by atoms with Crippen molar-refractivity contribution in [2.45, 2.75) is 0 Å². The second kappa shape index (κ2) is 4.79. The minimum absolute atomic E-state index is 0.170. The zero-order chi connectivity index (χ0) is 15.7. The van der Waals surface area contributed by atoms with E-state index >= 15 is 0 Å². The molecular formula is C13H8N4O4. The Balaban J connectivity index is 3.00. The SMILES string of the molecule is N#Cc1c(N)[nH]c(=O)c(C#N)c1-c1cc(O)c(O)cc1O. The van der Waals surface area contributed by atoms with Crippen molar-refractivity contribution in [1.29, 1.82) is 10.5 Å². The van der Waals surface area contributed by atoms with E-state index in [2.05, 4.69) is 4.98 Å². The zero-order valence-corrected chi connectivity index (χ0v) is 10.4. The minimum atomic E-state index is -0.837. The van der Waals surface area contributed by atoms with E-state index < -0.39 is 28.4 Å². The summed E-state index contributed by atoms with van der Waals surface area (Å²) in [6.45, 7) is 0. The summed E-state index contributed by atoms with van der Waals surface area (Å²) in [6, 6.07) is 5.10. The molecule has 1 aromatic heterocycles. The van der Waals surface area contributed by atoms with Crippen molar-refractivity contribution in [3.05, 3.63) is 33.6 Å². The maximum absolute atomic E-state index is 11.7. The second-order valence-electron chi connectivity index (χ2n) is 4.07. The van der Waals surface area contributed by atoms with Crippen LogP contribution in [0.3, 0.4) is 0 Å². The Kier molecular flexibility index (Phi) is 3.14. The number of H-pyrrole nitrogens is 1. The summed E-state index contributed by atoms with van der Waals surface area (Å²) in [6.07, 6.45) is 0. The van der Waals surface area contributed by atoms with Crippen molar-refractivity contribution in [2.24, 2.45) is 0 Å². The maximum atomic E-state index is 11.7. The fourth-order valence-corrected chi connectivity index (χ4v) is 1.88. The number of nitrogens with one attached hydrogen (secondary N) is 1. The number of nitrogens with two attached hydrogens (primary N) is 1. The van der Waals surface area contributed by atoms with Crippen molar-refractivity contribution >= 4 is 5.82 Å². The van der Waals surface area contributed by atoms with Crippen LogP contribution >= 0.6 is 0 Å². The summed E-state index contributed by atoms with van der Waals surface area (Å²) >= 11 is 0. The molecule has 8 heteroatoms. The lowest BCUT2D eigenvalue weighted by molar-refractivity contribution is 0.397. The van der Waals surface area contributed by atoms with Gasteiger partial charge in [0.2, 0.25) is 0 Å². The fraction of sp³-hybridized carbons (Fsp3) is 0. The Morgan fingerprint density at radius 1 is 1.00 bits per heavy atom. The molecule has 0 bridgehead atoms. The van der Waals surface area contributed by atoms with E-state index in [1.807, 2.05) is 0 Å². The van der Waals surface area contributed by atoms with E-state index in [1.54, 1.807) is 12.1 Å². The molecule has 1 aromatic carbocycles. The van der Waals surface area contributed by atoms with Crippen LogP contribution in [0.25, 0.3) is 11.1 Å². The van der Waals surface area contributed by atoms with E-state index in [0.717, 1.165) is 12.1 Å². The quantitative estimate of drug-likeness (QED) is 0.375. The smallest absolute Gasteiger partial charge is 0.268 e. The summed E-state index contributed by atoms with van der Waals surface area (Å²) in [7, 11) is 0. The summed E-state index contributed by atoms with van der Waals surface area (Å²) in [5.74, 6) is -1.98. The molecular weight excluding hydrogens is 276 g/mol. The summed E-state index contributed by atoms with van der Waals surface area (Å²) in [5, 5.41) is 46.9. The molecule has 0 aliphatic rings. The number of anilines is 1. The molecule has 0 amide bonds. The molecule has 0 spiro atoms. The Morgan fingerprint density at radius 3 is 2.14 bits per heavy atom. The molecule has 0 fully saturated rings. The number of benzene rings is 1. The highest BCUT2D eigenvalue weighted by Crippen LogP contribution is 2.40. The number of pyridine rings is 1. The first-order valence-corrected chi connectivity index (χ1v) is 5.52. The summed E-state index contributed by atoms with van der Waals surface area (Å²) in [4.78, 5) is 13.9. The lowest BCUT2D eigenvalue weighted by atomic mass is 9.95. The second-order valence-corrected chi connectivity index (χ2v) is 4.07. The van der Waals surface area contributed by atoms with Gasteiger partial charge in [-0.15, -0.1) is 0 Å². The van der Waals surface area contributed by atoms with Gasteiger partial charge in [-0.3, -0.25) is 4.79 Å². The number of nitrogens with zero attached hydrogens (tertiary/aromatic N) is 2. The standard InChI is InChI=1S/C13H8N4O4/c14-3-6-11(7(4-15)13(21)17-12(6)16)5-1-9(19)10(20)2-8(5)18/h1-2,18-20H,(H3,16,17,21). The van der Waals surface area contributed by atoms with E-state index in [9.17, 15) is 20.1 Å². The van der Waals surface area contributed by atoms with Crippen LogP contribution in [-0.2, 0) is 0 Å². The molecule has 0 atom stereocenters. The third-order valence-electron chi connectivity index (χ3n) is 2.83. The highest BCUT2D eigenvalue weighted by molar-refractivity contribution is 5.84. The molecule has 0 radical (unpaired) electrons. The van der Waals surface area contributed by atoms with E-state index in [1.165, 1.54) is 0 Å². The molecule has 104 valence electrons. The number of nitrogen functional groups attached to an aromatic ring is 1. The minimum Gasteiger partial charge on any atom is -0.507 e. The van der Waals surface area contributed by atoms with E-state index in [4.69, 9.17) is 16.3 Å². The number of aromatic hydroxyl groups is 3. The predicted octanol–water partition coefficient (Wildman–Crippen LogP) is 0.484. The first kappa shape index (κ1) is 13.8. The van der Waals surface area contributed by atoms with Gasteiger partial charge in [0.1, 0.15) is 34.8 Å². The largest absolute Gasteiger partial charge is 0.507 e. The van der Waals surface area contributed by atoms with Crippen LogP contribution in [0.4, 0.5) is 5.82 Å².